The summed E-state index contributed by atoms with van der Waals surface area (Å²) in [7, 11) is 0. The summed E-state index contributed by atoms with van der Waals surface area (Å²) in [5.41, 5.74) is 4.70. The number of rotatable bonds is 5. The van der Waals surface area contributed by atoms with E-state index in [9.17, 15) is 4.79 Å². The fourth-order valence-corrected chi connectivity index (χ4v) is 3.47. The van der Waals surface area contributed by atoms with Crippen LogP contribution in [-0.4, -0.2) is 31.6 Å². The zero-order chi connectivity index (χ0) is 19.0. The van der Waals surface area contributed by atoms with Gasteiger partial charge in [-0.2, -0.15) is 5.10 Å². The van der Waals surface area contributed by atoms with E-state index in [1.54, 1.807) is 6.20 Å². The van der Waals surface area contributed by atoms with Gasteiger partial charge in [-0.25, -0.2) is 4.68 Å². The van der Waals surface area contributed by atoms with Crippen LogP contribution in [0.1, 0.15) is 40.2 Å². The molecule has 6 heteroatoms. The molecule has 1 aliphatic rings. The van der Waals surface area contributed by atoms with Crippen LogP contribution in [0.5, 0.6) is 0 Å². The van der Waals surface area contributed by atoms with Crippen molar-refractivity contribution in [2.75, 3.05) is 0 Å². The topological polar surface area (TPSA) is 51.0 Å². The Kier molecular flexibility index (Phi) is 4.83. The lowest BCUT2D eigenvalue weighted by Crippen LogP contribution is -2.32. The molecule has 1 fully saturated rings. The molecule has 0 aliphatic heterocycles. The summed E-state index contributed by atoms with van der Waals surface area (Å²) in [5.74, 6) is 0.0717. The zero-order valence-corrected chi connectivity index (χ0v) is 17.0. The molecule has 2 heterocycles. The van der Waals surface area contributed by atoms with E-state index in [2.05, 4.69) is 26.0 Å². The highest BCUT2D eigenvalue weighted by atomic mass is 79.9. The van der Waals surface area contributed by atoms with Crippen molar-refractivity contribution in [1.29, 1.82) is 0 Å². The molecule has 0 unspecified atom stereocenters. The number of hydrogen-bond acceptors (Lipinski definition) is 3. The first-order valence-corrected chi connectivity index (χ1v) is 9.86. The molecule has 0 spiro atoms. The Morgan fingerprint density at radius 2 is 1.96 bits per heavy atom. The smallest absolute Gasteiger partial charge is 0.254 e. The first-order chi connectivity index (χ1) is 13.0. The average molecular weight is 425 g/mol. The average Bonchev–Trinajstić information content (AvgIpc) is 3.51. The molecule has 0 N–H and O–H groups in total. The highest BCUT2D eigenvalue weighted by molar-refractivity contribution is 9.10. The number of carbonyl (C=O) groups excluding carboxylic acids is 1. The lowest BCUT2D eigenvalue weighted by atomic mass is 10.1. The second-order valence-electron chi connectivity index (χ2n) is 6.97. The summed E-state index contributed by atoms with van der Waals surface area (Å²) in [6.07, 6.45) is 5.73. The standard InChI is InChI=1S/C21H21BrN4O/c1-14-20(22)15(2)26(24-14)19-7-5-17(6-8-19)21(27)25(18-9-10-18)13-16-4-3-11-23-12-16/h3-8,11-12,18H,9-10,13H2,1-2H3. The fraction of sp³-hybridized carbons (Fsp3) is 0.286. The second-order valence-corrected chi connectivity index (χ2v) is 7.76. The number of carbonyl (C=O) groups is 1. The number of halogens is 1. The van der Waals surface area contributed by atoms with E-state index in [1.165, 1.54) is 0 Å². The van der Waals surface area contributed by atoms with Gasteiger partial charge in [-0.15, -0.1) is 0 Å². The van der Waals surface area contributed by atoms with Crippen LogP contribution in [0.25, 0.3) is 5.69 Å². The van der Waals surface area contributed by atoms with Gasteiger partial charge in [-0.1, -0.05) is 6.07 Å². The van der Waals surface area contributed by atoms with Gasteiger partial charge >= 0.3 is 0 Å². The number of aryl methyl sites for hydroxylation is 1. The molecule has 0 saturated heterocycles. The maximum absolute atomic E-state index is 13.1. The van der Waals surface area contributed by atoms with E-state index in [1.807, 2.05) is 66.0 Å². The van der Waals surface area contributed by atoms with Gasteiger partial charge in [-0.05, 0) is 78.5 Å². The third kappa shape index (κ3) is 3.67. The zero-order valence-electron chi connectivity index (χ0n) is 15.4. The molecule has 0 atom stereocenters. The molecule has 138 valence electrons. The minimum atomic E-state index is 0.0717. The molecule has 1 saturated carbocycles. The quantitative estimate of drug-likeness (QED) is 0.607. The third-order valence-electron chi connectivity index (χ3n) is 4.89. The van der Waals surface area contributed by atoms with E-state index >= 15 is 0 Å². The minimum absolute atomic E-state index is 0.0717. The summed E-state index contributed by atoms with van der Waals surface area (Å²) < 4.78 is 2.90. The molecule has 2 aromatic heterocycles. The minimum Gasteiger partial charge on any atom is -0.331 e. The molecule has 4 rings (SSSR count). The molecule has 27 heavy (non-hydrogen) atoms. The molecular formula is C21H21BrN4O. The van der Waals surface area contributed by atoms with Crippen molar-refractivity contribution in [2.45, 2.75) is 39.3 Å². The fourth-order valence-electron chi connectivity index (χ4n) is 3.23. The van der Waals surface area contributed by atoms with E-state index in [0.717, 1.165) is 40.0 Å². The van der Waals surface area contributed by atoms with Gasteiger partial charge in [-0.3, -0.25) is 9.78 Å². The molecule has 5 nitrogen and oxygen atoms in total. The van der Waals surface area contributed by atoms with Crippen LogP contribution in [0.15, 0.2) is 53.3 Å². The number of benzene rings is 1. The molecule has 3 aromatic rings. The first-order valence-electron chi connectivity index (χ1n) is 9.06. The Bertz CT molecular complexity index is 962. The van der Waals surface area contributed by atoms with Crippen LogP contribution >= 0.6 is 15.9 Å². The van der Waals surface area contributed by atoms with Gasteiger partial charge in [0, 0.05) is 30.5 Å². The highest BCUT2D eigenvalue weighted by Crippen LogP contribution is 2.30. The molecule has 0 bridgehead atoms. The van der Waals surface area contributed by atoms with Crippen LogP contribution in [0, 0.1) is 13.8 Å². The summed E-state index contributed by atoms with van der Waals surface area (Å²) in [5, 5.41) is 4.55. The van der Waals surface area contributed by atoms with Gasteiger partial charge < -0.3 is 4.90 Å². The molecule has 0 radical (unpaired) electrons. The third-order valence-corrected chi connectivity index (χ3v) is 6.03. The SMILES string of the molecule is Cc1nn(-c2ccc(C(=O)N(Cc3cccnc3)C3CC3)cc2)c(C)c1Br. The number of aromatic nitrogens is 3. The van der Waals surface area contributed by atoms with Gasteiger partial charge in [0.25, 0.3) is 5.91 Å². The van der Waals surface area contributed by atoms with Crippen molar-refractivity contribution >= 4 is 21.8 Å². The Labute approximate surface area is 167 Å². The van der Waals surface area contributed by atoms with Crippen molar-refractivity contribution in [3.63, 3.8) is 0 Å². The molecule has 1 amide bonds. The van der Waals surface area contributed by atoms with Gasteiger partial charge in [0.1, 0.15) is 0 Å². The van der Waals surface area contributed by atoms with E-state index in [4.69, 9.17) is 0 Å². The van der Waals surface area contributed by atoms with E-state index < -0.39 is 0 Å². The largest absolute Gasteiger partial charge is 0.331 e. The van der Waals surface area contributed by atoms with Gasteiger partial charge in [0.15, 0.2) is 0 Å². The van der Waals surface area contributed by atoms with Crippen LogP contribution < -0.4 is 0 Å². The van der Waals surface area contributed by atoms with Crippen LogP contribution in [-0.2, 0) is 6.54 Å². The Morgan fingerprint density at radius 3 is 2.52 bits per heavy atom. The monoisotopic (exact) mass is 424 g/mol. The highest BCUT2D eigenvalue weighted by Gasteiger charge is 2.33. The van der Waals surface area contributed by atoms with Crippen LogP contribution in [0.4, 0.5) is 0 Å². The maximum atomic E-state index is 13.1. The number of nitrogens with zero attached hydrogens (tertiary/aromatic N) is 4. The van der Waals surface area contributed by atoms with Crippen molar-refractivity contribution in [2.24, 2.45) is 0 Å². The number of amides is 1. The predicted molar refractivity (Wildman–Crippen MR) is 108 cm³/mol. The van der Waals surface area contributed by atoms with Gasteiger partial charge in [0.05, 0.1) is 21.5 Å². The summed E-state index contributed by atoms with van der Waals surface area (Å²) in [4.78, 5) is 19.2. The Morgan fingerprint density at radius 1 is 1.22 bits per heavy atom. The van der Waals surface area contributed by atoms with Crippen molar-refractivity contribution in [3.05, 3.63) is 75.8 Å². The summed E-state index contributed by atoms with van der Waals surface area (Å²) in [6, 6.07) is 11.9. The second kappa shape index (κ2) is 7.27. The molecular weight excluding hydrogens is 404 g/mol. The van der Waals surface area contributed by atoms with Crippen molar-refractivity contribution < 1.29 is 4.79 Å². The summed E-state index contributed by atoms with van der Waals surface area (Å²) >= 11 is 3.56. The van der Waals surface area contributed by atoms with E-state index in [-0.39, 0.29) is 5.91 Å². The predicted octanol–water partition coefficient (Wildman–Crippen LogP) is 4.45. The number of pyridine rings is 1. The molecule has 1 aromatic carbocycles. The number of hydrogen-bond donors (Lipinski definition) is 0. The van der Waals surface area contributed by atoms with Crippen LogP contribution in [0.3, 0.4) is 0 Å². The lowest BCUT2D eigenvalue weighted by molar-refractivity contribution is 0.0730. The molecule has 1 aliphatic carbocycles. The summed E-state index contributed by atoms with van der Waals surface area (Å²) in [6.45, 7) is 4.59. The van der Waals surface area contributed by atoms with Crippen molar-refractivity contribution in [1.82, 2.24) is 19.7 Å². The Hall–Kier alpha value is -2.47. The normalized spacial score (nSPS) is 13.6. The Balaban J connectivity index is 1.56. The lowest BCUT2D eigenvalue weighted by Gasteiger charge is -2.22. The first kappa shape index (κ1) is 17.9. The van der Waals surface area contributed by atoms with Crippen LogP contribution in [0.2, 0.25) is 0 Å². The maximum Gasteiger partial charge on any atom is 0.254 e. The van der Waals surface area contributed by atoms with Crippen molar-refractivity contribution in [3.8, 4) is 5.69 Å². The van der Waals surface area contributed by atoms with Gasteiger partial charge in [0.2, 0.25) is 0 Å². The van der Waals surface area contributed by atoms with E-state index in [0.29, 0.717) is 18.2 Å².